The number of halogens is 1. The van der Waals surface area contributed by atoms with Gasteiger partial charge in [-0.15, -0.1) is 0 Å². The van der Waals surface area contributed by atoms with Crippen LogP contribution in [-0.4, -0.2) is 37.0 Å². The monoisotopic (exact) mass is 333 g/mol. The van der Waals surface area contributed by atoms with Crippen LogP contribution < -0.4 is 0 Å². The van der Waals surface area contributed by atoms with Gasteiger partial charge in [-0.1, -0.05) is 15.9 Å². The van der Waals surface area contributed by atoms with Gasteiger partial charge in [0, 0.05) is 17.1 Å². The van der Waals surface area contributed by atoms with E-state index in [9.17, 15) is 8.42 Å². The van der Waals surface area contributed by atoms with Gasteiger partial charge in [0.05, 0.1) is 11.5 Å². The number of rotatable bonds is 5. The van der Waals surface area contributed by atoms with E-state index in [4.69, 9.17) is 5.11 Å². The number of sulfonamides is 1. The summed E-state index contributed by atoms with van der Waals surface area (Å²) in [5, 5.41) is 9.01. The molecule has 0 atom stereocenters. The van der Waals surface area contributed by atoms with Crippen LogP contribution in [0, 0.1) is 6.92 Å². The number of benzene rings is 1. The lowest BCUT2D eigenvalue weighted by molar-refractivity contribution is 0.250. The lowest BCUT2D eigenvalue weighted by Crippen LogP contribution is -2.35. The molecule has 1 aromatic rings. The summed E-state index contributed by atoms with van der Waals surface area (Å²) in [6, 6.07) is 5.06. The van der Waals surface area contributed by atoms with Crippen molar-refractivity contribution < 1.29 is 13.5 Å². The quantitative estimate of drug-likeness (QED) is 0.895. The third-order valence-corrected chi connectivity index (χ3v) is 5.85. The molecule has 1 fully saturated rings. The van der Waals surface area contributed by atoms with Crippen molar-refractivity contribution in [1.29, 1.82) is 0 Å². The van der Waals surface area contributed by atoms with Crippen LogP contribution >= 0.6 is 15.9 Å². The average molecular weight is 334 g/mol. The first-order valence-electron chi connectivity index (χ1n) is 5.85. The van der Waals surface area contributed by atoms with Crippen LogP contribution in [0.15, 0.2) is 27.6 Å². The van der Waals surface area contributed by atoms with Gasteiger partial charge >= 0.3 is 0 Å². The zero-order valence-corrected chi connectivity index (χ0v) is 12.5. The number of aliphatic hydroxyl groups excluding tert-OH is 1. The first-order valence-corrected chi connectivity index (χ1v) is 8.09. The highest BCUT2D eigenvalue weighted by Crippen LogP contribution is 2.32. The van der Waals surface area contributed by atoms with Gasteiger partial charge in [-0.05, 0) is 43.5 Å². The van der Waals surface area contributed by atoms with Crippen molar-refractivity contribution in [2.75, 3.05) is 13.2 Å². The normalized spacial score (nSPS) is 16.2. The average Bonchev–Trinajstić information content (AvgIpc) is 3.13. The number of nitrogens with zero attached hydrogens (tertiary/aromatic N) is 1. The third-order valence-electron chi connectivity index (χ3n) is 3.01. The Morgan fingerprint density at radius 1 is 1.44 bits per heavy atom. The van der Waals surface area contributed by atoms with Crippen molar-refractivity contribution in [3.8, 4) is 0 Å². The molecule has 100 valence electrons. The molecule has 0 bridgehead atoms. The summed E-state index contributed by atoms with van der Waals surface area (Å²) in [6.07, 6.45) is 1.77. The summed E-state index contributed by atoms with van der Waals surface area (Å²) >= 11 is 3.36. The topological polar surface area (TPSA) is 57.6 Å². The summed E-state index contributed by atoms with van der Waals surface area (Å²) in [7, 11) is -3.49. The molecule has 0 spiro atoms. The van der Waals surface area contributed by atoms with Crippen molar-refractivity contribution in [2.24, 2.45) is 0 Å². The molecule has 4 nitrogen and oxygen atoms in total. The van der Waals surface area contributed by atoms with Crippen LogP contribution in [0.3, 0.4) is 0 Å². The van der Waals surface area contributed by atoms with E-state index in [2.05, 4.69) is 15.9 Å². The van der Waals surface area contributed by atoms with E-state index in [0.29, 0.717) is 4.90 Å². The molecular weight excluding hydrogens is 318 g/mol. The van der Waals surface area contributed by atoms with E-state index >= 15 is 0 Å². The molecule has 0 unspecified atom stereocenters. The van der Waals surface area contributed by atoms with Crippen LogP contribution in [-0.2, 0) is 10.0 Å². The standard InChI is InChI=1S/C12H16BrNO3S/c1-9-8-11(4-5-12(9)13)18(16,17)14(6-7-15)10-2-3-10/h4-5,8,10,15H,2-3,6-7H2,1H3. The second kappa shape index (κ2) is 5.28. The van der Waals surface area contributed by atoms with E-state index in [1.165, 1.54) is 4.31 Å². The van der Waals surface area contributed by atoms with Crippen LogP contribution in [0.25, 0.3) is 0 Å². The van der Waals surface area contributed by atoms with Gasteiger partial charge in [0.25, 0.3) is 0 Å². The molecule has 0 radical (unpaired) electrons. The molecule has 1 aliphatic rings. The highest BCUT2D eigenvalue weighted by atomic mass is 79.9. The highest BCUT2D eigenvalue weighted by Gasteiger charge is 2.37. The fourth-order valence-corrected chi connectivity index (χ4v) is 3.88. The van der Waals surface area contributed by atoms with Gasteiger partial charge < -0.3 is 5.11 Å². The second-order valence-electron chi connectivity index (χ2n) is 4.48. The van der Waals surface area contributed by atoms with Gasteiger partial charge in [0.1, 0.15) is 0 Å². The first kappa shape index (κ1) is 14.0. The maximum atomic E-state index is 12.5. The lowest BCUT2D eigenvalue weighted by atomic mass is 10.2. The Morgan fingerprint density at radius 3 is 2.61 bits per heavy atom. The molecule has 18 heavy (non-hydrogen) atoms. The van der Waals surface area contributed by atoms with E-state index in [0.717, 1.165) is 22.9 Å². The van der Waals surface area contributed by atoms with Gasteiger partial charge in [0.15, 0.2) is 0 Å². The number of aliphatic hydroxyl groups is 1. The van der Waals surface area contributed by atoms with Crippen molar-refractivity contribution in [3.63, 3.8) is 0 Å². The van der Waals surface area contributed by atoms with E-state index in [1.807, 2.05) is 6.92 Å². The fraction of sp³-hybridized carbons (Fsp3) is 0.500. The van der Waals surface area contributed by atoms with Crippen molar-refractivity contribution in [1.82, 2.24) is 4.31 Å². The van der Waals surface area contributed by atoms with Crippen LogP contribution in [0.2, 0.25) is 0 Å². The minimum Gasteiger partial charge on any atom is -0.395 e. The molecule has 2 rings (SSSR count). The Hall–Kier alpha value is -0.430. The lowest BCUT2D eigenvalue weighted by Gasteiger charge is -2.21. The Kier molecular flexibility index (Phi) is 4.11. The SMILES string of the molecule is Cc1cc(S(=O)(=O)N(CCO)C2CC2)ccc1Br. The minimum atomic E-state index is -3.49. The molecule has 1 saturated carbocycles. The summed E-state index contributed by atoms with van der Waals surface area (Å²) in [4.78, 5) is 0.295. The molecule has 0 heterocycles. The predicted molar refractivity (Wildman–Crippen MR) is 72.9 cm³/mol. The van der Waals surface area contributed by atoms with Crippen LogP contribution in [0.4, 0.5) is 0 Å². The highest BCUT2D eigenvalue weighted by molar-refractivity contribution is 9.10. The maximum Gasteiger partial charge on any atom is 0.243 e. The Morgan fingerprint density at radius 2 is 2.11 bits per heavy atom. The third kappa shape index (κ3) is 2.77. The van der Waals surface area contributed by atoms with Crippen LogP contribution in [0.1, 0.15) is 18.4 Å². The minimum absolute atomic E-state index is 0.0612. The predicted octanol–water partition coefficient (Wildman–Crippen LogP) is 1.90. The van der Waals surface area contributed by atoms with Crippen molar-refractivity contribution in [3.05, 3.63) is 28.2 Å². The van der Waals surface area contributed by atoms with Gasteiger partial charge in [-0.25, -0.2) is 8.42 Å². The van der Waals surface area contributed by atoms with Gasteiger partial charge in [-0.3, -0.25) is 0 Å². The molecule has 1 aliphatic carbocycles. The summed E-state index contributed by atoms with van der Waals surface area (Å²) in [5.74, 6) is 0. The summed E-state index contributed by atoms with van der Waals surface area (Å²) in [6.45, 7) is 1.88. The van der Waals surface area contributed by atoms with E-state index in [1.54, 1.807) is 18.2 Å². The molecule has 0 saturated heterocycles. The van der Waals surface area contributed by atoms with Crippen molar-refractivity contribution >= 4 is 26.0 Å². The number of hydrogen-bond donors (Lipinski definition) is 1. The Balaban J connectivity index is 2.36. The Bertz CT molecular complexity index is 540. The largest absolute Gasteiger partial charge is 0.395 e. The van der Waals surface area contributed by atoms with Gasteiger partial charge in [0.2, 0.25) is 10.0 Å². The second-order valence-corrected chi connectivity index (χ2v) is 7.23. The maximum absolute atomic E-state index is 12.5. The van der Waals surface area contributed by atoms with Crippen LogP contribution in [0.5, 0.6) is 0 Å². The molecule has 1 aromatic carbocycles. The van der Waals surface area contributed by atoms with E-state index < -0.39 is 10.0 Å². The van der Waals surface area contributed by atoms with E-state index in [-0.39, 0.29) is 19.2 Å². The first-order chi connectivity index (χ1) is 8.46. The van der Waals surface area contributed by atoms with Crippen molar-refractivity contribution in [2.45, 2.75) is 30.7 Å². The molecule has 0 amide bonds. The number of aryl methyl sites for hydroxylation is 1. The molecule has 6 heteroatoms. The molecule has 0 aliphatic heterocycles. The smallest absolute Gasteiger partial charge is 0.243 e. The molecule has 0 aromatic heterocycles. The number of hydrogen-bond acceptors (Lipinski definition) is 3. The molecule has 1 N–H and O–H groups in total. The van der Waals surface area contributed by atoms with Gasteiger partial charge in [-0.2, -0.15) is 4.31 Å². The zero-order chi connectivity index (χ0) is 13.3. The zero-order valence-electron chi connectivity index (χ0n) is 10.1. The summed E-state index contributed by atoms with van der Waals surface area (Å²) < 4.78 is 27.2. The summed E-state index contributed by atoms with van der Waals surface area (Å²) in [5.41, 5.74) is 0.885. The molecular formula is C12H16BrNO3S. The Labute approximate surface area is 116 Å². The fourth-order valence-electron chi connectivity index (χ4n) is 1.87.